The molecule has 0 aliphatic rings. The number of fused-ring (bicyclic) bond motifs is 1. The molecule has 26 heavy (non-hydrogen) atoms. The Labute approximate surface area is 150 Å². The van der Waals surface area contributed by atoms with Crippen molar-refractivity contribution in [2.45, 2.75) is 13.8 Å². The molecular formula is C21H17N3O2. The van der Waals surface area contributed by atoms with Crippen LogP contribution in [0.5, 0.6) is 0 Å². The summed E-state index contributed by atoms with van der Waals surface area (Å²) in [5.74, 6) is 0.331. The first kappa shape index (κ1) is 16.0. The molecule has 2 aromatic carbocycles. The van der Waals surface area contributed by atoms with E-state index in [9.17, 15) is 4.79 Å². The van der Waals surface area contributed by atoms with E-state index in [0.29, 0.717) is 22.7 Å². The van der Waals surface area contributed by atoms with Crippen LogP contribution in [-0.2, 0) is 0 Å². The average Bonchev–Trinajstić information content (AvgIpc) is 3.07. The third-order valence-electron chi connectivity index (χ3n) is 4.18. The molecule has 5 heteroatoms. The number of nitrogens with one attached hydrogen (secondary N) is 1. The number of amides is 1. The summed E-state index contributed by atoms with van der Waals surface area (Å²) in [7, 11) is 0. The smallest absolute Gasteiger partial charge is 0.255 e. The molecule has 5 nitrogen and oxygen atoms in total. The highest BCUT2D eigenvalue weighted by atomic mass is 16.3. The van der Waals surface area contributed by atoms with Crippen LogP contribution >= 0.6 is 0 Å². The normalized spacial score (nSPS) is 10.8. The lowest BCUT2D eigenvalue weighted by atomic mass is 10.1. The van der Waals surface area contributed by atoms with Crippen LogP contribution < -0.4 is 5.32 Å². The van der Waals surface area contributed by atoms with Crippen LogP contribution in [-0.4, -0.2) is 15.9 Å². The Bertz CT molecular complexity index is 1080. The standard InChI is InChI=1S/C21H17N3O2/c1-13-5-3-6-15(11-13)20(25)23-17-12-16(9-8-14(17)2)21-24-19-18(26-21)7-4-10-22-19/h3-12H,1-2H3,(H,23,25). The number of aromatic nitrogens is 2. The van der Waals surface area contributed by atoms with Crippen molar-refractivity contribution in [3.05, 3.63) is 77.5 Å². The third kappa shape index (κ3) is 3.07. The van der Waals surface area contributed by atoms with Crippen molar-refractivity contribution in [3.63, 3.8) is 0 Å². The third-order valence-corrected chi connectivity index (χ3v) is 4.18. The van der Waals surface area contributed by atoms with Gasteiger partial charge in [0.1, 0.15) is 0 Å². The first-order valence-corrected chi connectivity index (χ1v) is 8.31. The predicted octanol–water partition coefficient (Wildman–Crippen LogP) is 4.76. The Balaban J connectivity index is 1.67. The van der Waals surface area contributed by atoms with Gasteiger partial charge in [-0.1, -0.05) is 23.8 Å². The molecule has 0 aliphatic carbocycles. The Morgan fingerprint density at radius 3 is 2.73 bits per heavy atom. The van der Waals surface area contributed by atoms with Crippen molar-refractivity contribution < 1.29 is 9.21 Å². The summed E-state index contributed by atoms with van der Waals surface area (Å²) in [6.07, 6.45) is 1.68. The van der Waals surface area contributed by atoms with Crippen molar-refractivity contribution in [1.82, 2.24) is 9.97 Å². The molecule has 0 saturated carbocycles. The molecule has 0 unspecified atom stereocenters. The molecule has 4 aromatic rings. The number of anilines is 1. The number of carbonyl (C=O) groups excluding carboxylic acids is 1. The van der Waals surface area contributed by atoms with E-state index in [4.69, 9.17) is 4.42 Å². The maximum Gasteiger partial charge on any atom is 0.255 e. The molecule has 4 rings (SSSR count). The molecule has 1 N–H and O–H groups in total. The quantitative estimate of drug-likeness (QED) is 0.582. The van der Waals surface area contributed by atoms with Gasteiger partial charge in [0.05, 0.1) is 0 Å². The predicted molar refractivity (Wildman–Crippen MR) is 101 cm³/mol. The van der Waals surface area contributed by atoms with Crippen LogP contribution in [0.15, 0.2) is 65.2 Å². The fourth-order valence-corrected chi connectivity index (χ4v) is 2.76. The van der Waals surface area contributed by atoms with Gasteiger partial charge in [-0.15, -0.1) is 0 Å². The van der Waals surface area contributed by atoms with Crippen molar-refractivity contribution in [2.24, 2.45) is 0 Å². The van der Waals surface area contributed by atoms with Gasteiger partial charge < -0.3 is 9.73 Å². The number of carbonyl (C=O) groups is 1. The Hall–Kier alpha value is -3.47. The van der Waals surface area contributed by atoms with Crippen molar-refractivity contribution in [3.8, 4) is 11.5 Å². The van der Waals surface area contributed by atoms with E-state index in [-0.39, 0.29) is 5.91 Å². The van der Waals surface area contributed by atoms with Crippen LogP contribution in [0.2, 0.25) is 0 Å². The summed E-state index contributed by atoms with van der Waals surface area (Å²) in [4.78, 5) is 21.1. The lowest BCUT2D eigenvalue weighted by Crippen LogP contribution is -2.13. The molecule has 0 atom stereocenters. The van der Waals surface area contributed by atoms with Crippen LogP contribution in [0.4, 0.5) is 5.69 Å². The summed E-state index contributed by atoms with van der Waals surface area (Å²) in [6.45, 7) is 3.91. The molecule has 0 saturated heterocycles. The first-order valence-electron chi connectivity index (χ1n) is 8.31. The number of rotatable bonds is 3. The number of pyridine rings is 1. The molecule has 0 fully saturated rings. The second kappa shape index (κ2) is 6.44. The lowest BCUT2D eigenvalue weighted by molar-refractivity contribution is 0.102. The van der Waals surface area contributed by atoms with E-state index in [0.717, 1.165) is 22.4 Å². The van der Waals surface area contributed by atoms with Crippen LogP contribution in [0.1, 0.15) is 21.5 Å². The van der Waals surface area contributed by atoms with Gasteiger partial charge >= 0.3 is 0 Å². The second-order valence-electron chi connectivity index (χ2n) is 6.20. The minimum Gasteiger partial charge on any atom is -0.434 e. The van der Waals surface area contributed by atoms with E-state index >= 15 is 0 Å². The van der Waals surface area contributed by atoms with Crippen LogP contribution in [0.25, 0.3) is 22.7 Å². The molecule has 2 aromatic heterocycles. The maximum absolute atomic E-state index is 12.5. The fraction of sp³-hybridized carbons (Fsp3) is 0.0952. The van der Waals surface area contributed by atoms with Crippen LogP contribution in [0.3, 0.4) is 0 Å². The highest BCUT2D eigenvalue weighted by Gasteiger charge is 2.12. The van der Waals surface area contributed by atoms with Crippen molar-refractivity contribution in [1.29, 1.82) is 0 Å². The Morgan fingerprint density at radius 1 is 1.04 bits per heavy atom. The second-order valence-corrected chi connectivity index (χ2v) is 6.20. The SMILES string of the molecule is Cc1cccc(C(=O)Nc2cc(-c3nc4ncccc4o3)ccc2C)c1. The van der Waals surface area contributed by atoms with Crippen LogP contribution in [0, 0.1) is 13.8 Å². The van der Waals surface area contributed by atoms with E-state index in [1.54, 1.807) is 18.3 Å². The molecular weight excluding hydrogens is 326 g/mol. The summed E-state index contributed by atoms with van der Waals surface area (Å²) in [5, 5.41) is 2.97. The number of hydrogen-bond acceptors (Lipinski definition) is 4. The summed E-state index contributed by atoms with van der Waals surface area (Å²) in [6, 6.07) is 16.9. The minimum atomic E-state index is -0.145. The number of hydrogen-bond donors (Lipinski definition) is 1. The molecule has 0 aliphatic heterocycles. The lowest BCUT2D eigenvalue weighted by Gasteiger charge is -2.10. The zero-order valence-corrected chi connectivity index (χ0v) is 14.5. The largest absolute Gasteiger partial charge is 0.434 e. The van der Waals surface area contributed by atoms with Gasteiger partial charge in [-0.3, -0.25) is 4.79 Å². The Kier molecular flexibility index (Phi) is 3.97. The van der Waals surface area contributed by atoms with Gasteiger partial charge in [0.15, 0.2) is 11.2 Å². The minimum absolute atomic E-state index is 0.145. The summed E-state index contributed by atoms with van der Waals surface area (Å²) < 4.78 is 5.77. The molecule has 0 bridgehead atoms. The summed E-state index contributed by atoms with van der Waals surface area (Å²) in [5.41, 5.74) is 5.34. The monoisotopic (exact) mass is 343 g/mol. The average molecular weight is 343 g/mol. The molecule has 1 amide bonds. The summed E-state index contributed by atoms with van der Waals surface area (Å²) >= 11 is 0. The van der Waals surface area contributed by atoms with E-state index in [2.05, 4.69) is 15.3 Å². The highest BCUT2D eigenvalue weighted by molar-refractivity contribution is 6.05. The molecule has 0 spiro atoms. The van der Waals surface area contributed by atoms with E-state index in [1.165, 1.54) is 0 Å². The Morgan fingerprint density at radius 2 is 1.92 bits per heavy atom. The molecule has 128 valence electrons. The van der Waals surface area contributed by atoms with Crippen molar-refractivity contribution >= 4 is 22.8 Å². The topological polar surface area (TPSA) is 68.0 Å². The number of nitrogens with zero attached hydrogens (tertiary/aromatic N) is 2. The van der Waals surface area contributed by atoms with Crippen molar-refractivity contribution in [2.75, 3.05) is 5.32 Å². The highest BCUT2D eigenvalue weighted by Crippen LogP contribution is 2.27. The zero-order chi connectivity index (χ0) is 18.1. The fourth-order valence-electron chi connectivity index (χ4n) is 2.76. The molecule has 2 heterocycles. The number of aryl methyl sites for hydroxylation is 2. The maximum atomic E-state index is 12.5. The van der Waals surface area contributed by atoms with Gasteiger partial charge in [-0.25, -0.2) is 4.98 Å². The van der Waals surface area contributed by atoms with Gasteiger partial charge in [0, 0.05) is 23.0 Å². The zero-order valence-electron chi connectivity index (χ0n) is 14.5. The first-order chi connectivity index (χ1) is 12.6. The van der Waals surface area contributed by atoms with Gasteiger partial charge in [0.2, 0.25) is 5.89 Å². The van der Waals surface area contributed by atoms with E-state index < -0.39 is 0 Å². The van der Waals surface area contributed by atoms with Gasteiger partial charge in [-0.2, -0.15) is 4.98 Å². The van der Waals surface area contributed by atoms with Gasteiger partial charge in [0.25, 0.3) is 5.91 Å². The van der Waals surface area contributed by atoms with Gasteiger partial charge in [-0.05, 0) is 55.8 Å². The molecule has 0 radical (unpaired) electrons. The number of oxazole rings is 1. The van der Waals surface area contributed by atoms with E-state index in [1.807, 2.05) is 56.3 Å². The number of benzene rings is 2.